The molecule has 2 aromatic heterocycles. The number of carbonyl (C=O) groups excluding carboxylic acids is 1. The molecule has 2 atom stereocenters. The molecule has 8 heteroatoms. The Kier molecular flexibility index (Phi) is 6.43. The number of likely N-dealkylation sites (tertiary alicyclic amines) is 1. The summed E-state index contributed by atoms with van der Waals surface area (Å²) in [6.07, 6.45) is 1.83. The number of aryl methyl sites for hydroxylation is 2. The highest BCUT2D eigenvalue weighted by atomic mass is 16.5. The van der Waals surface area contributed by atoms with E-state index in [1.54, 1.807) is 6.07 Å². The standard InChI is InChI=1S/C24H31N5O3/c1-4-29-18(3)19(14-25-29)15-28-11-10-24(22(30)16-28,20-8-6-5-7-9-20)26-23(31)13-21-12-17(2)27-32-21/h5-9,12,14,22,30H,4,10-11,13,15-16H2,1-3H3,(H,26,31)/t22-,24-/m1/s1. The third kappa shape index (κ3) is 4.47. The molecule has 0 unspecified atom stereocenters. The van der Waals surface area contributed by atoms with Crippen molar-refractivity contribution >= 4 is 5.91 Å². The van der Waals surface area contributed by atoms with E-state index >= 15 is 0 Å². The van der Waals surface area contributed by atoms with Crippen LogP contribution in [0.1, 0.15) is 41.6 Å². The van der Waals surface area contributed by atoms with E-state index in [1.165, 1.54) is 0 Å². The fourth-order valence-electron chi connectivity index (χ4n) is 4.58. The monoisotopic (exact) mass is 437 g/mol. The molecule has 0 spiro atoms. The first kappa shape index (κ1) is 22.2. The minimum Gasteiger partial charge on any atom is -0.389 e. The first-order valence-corrected chi connectivity index (χ1v) is 11.1. The molecule has 8 nitrogen and oxygen atoms in total. The molecule has 0 radical (unpaired) electrons. The van der Waals surface area contributed by atoms with Crippen molar-refractivity contribution in [2.24, 2.45) is 0 Å². The number of benzene rings is 1. The predicted octanol–water partition coefficient (Wildman–Crippen LogP) is 2.33. The quantitative estimate of drug-likeness (QED) is 0.589. The summed E-state index contributed by atoms with van der Waals surface area (Å²) in [4.78, 5) is 15.2. The summed E-state index contributed by atoms with van der Waals surface area (Å²) in [5.74, 6) is 0.316. The first-order chi connectivity index (χ1) is 15.4. The van der Waals surface area contributed by atoms with Crippen LogP contribution in [0.25, 0.3) is 0 Å². The number of carbonyl (C=O) groups is 1. The molecule has 1 amide bonds. The molecule has 32 heavy (non-hydrogen) atoms. The van der Waals surface area contributed by atoms with Crippen molar-refractivity contribution in [2.45, 2.75) is 58.3 Å². The third-order valence-electron chi connectivity index (χ3n) is 6.38. The SMILES string of the molecule is CCn1ncc(CN2CC[C@@](NC(=O)Cc3cc(C)no3)(c3ccccc3)[C@H](O)C2)c1C. The van der Waals surface area contributed by atoms with Crippen molar-refractivity contribution in [1.82, 2.24) is 25.2 Å². The molecule has 1 aliphatic rings. The smallest absolute Gasteiger partial charge is 0.228 e. The summed E-state index contributed by atoms with van der Waals surface area (Å²) in [7, 11) is 0. The summed E-state index contributed by atoms with van der Waals surface area (Å²) < 4.78 is 7.19. The van der Waals surface area contributed by atoms with Crippen LogP contribution in [0.15, 0.2) is 47.1 Å². The van der Waals surface area contributed by atoms with Gasteiger partial charge < -0.3 is 14.9 Å². The van der Waals surface area contributed by atoms with E-state index in [2.05, 4.69) is 34.3 Å². The average Bonchev–Trinajstić information content (AvgIpc) is 3.35. The summed E-state index contributed by atoms with van der Waals surface area (Å²) in [6.45, 7) is 8.72. The Morgan fingerprint density at radius 1 is 1.31 bits per heavy atom. The maximum atomic E-state index is 12.9. The summed E-state index contributed by atoms with van der Waals surface area (Å²) >= 11 is 0. The molecule has 0 saturated carbocycles. The van der Waals surface area contributed by atoms with Crippen molar-refractivity contribution in [3.8, 4) is 0 Å². The number of β-amino-alcohol motifs (C(OH)–C–C–N with tert-alkyl or cyclic N) is 1. The fourth-order valence-corrected chi connectivity index (χ4v) is 4.58. The predicted molar refractivity (Wildman–Crippen MR) is 120 cm³/mol. The second-order valence-corrected chi connectivity index (χ2v) is 8.57. The Hall–Kier alpha value is -2.97. The van der Waals surface area contributed by atoms with Crippen LogP contribution in [0, 0.1) is 13.8 Å². The second kappa shape index (κ2) is 9.26. The van der Waals surface area contributed by atoms with Gasteiger partial charge in [0.2, 0.25) is 5.91 Å². The van der Waals surface area contributed by atoms with E-state index < -0.39 is 11.6 Å². The number of amides is 1. The van der Waals surface area contributed by atoms with Gasteiger partial charge in [-0.1, -0.05) is 35.5 Å². The Labute approximate surface area is 188 Å². The van der Waals surface area contributed by atoms with Gasteiger partial charge in [-0.2, -0.15) is 5.10 Å². The van der Waals surface area contributed by atoms with E-state index in [0.29, 0.717) is 18.7 Å². The van der Waals surface area contributed by atoms with E-state index in [9.17, 15) is 9.90 Å². The van der Waals surface area contributed by atoms with Crippen molar-refractivity contribution in [3.05, 3.63) is 70.9 Å². The number of aliphatic hydroxyl groups is 1. The average molecular weight is 438 g/mol. The number of piperidine rings is 1. The molecule has 0 bridgehead atoms. The van der Waals surface area contributed by atoms with E-state index in [1.807, 2.05) is 48.1 Å². The molecule has 1 fully saturated rings. The second-order valence-electron chi connectivity index (χ2n) is 8.57. The normalized spacial score (nSPS) is 21.6. The van der Waals surface area contributed by atoms with E-state index in [-0.39, 0.29) is 12.3 Å². The summed E-state index contributed by atoms with van der Waals surface area (Å²) in [5, 5.41) is 22.8. The Morgan fingerprint density at radius 2 is 2.09 bits per heavy atom. The molecule has 1 aromatic carbocycles. The molecular formula is C24H31N5O3. The number of aromatic nitrogens is 3. The molecule has 3 heterocycles. The zero-order valence-corrected chi connectivity index (χ0v) is 18.9. The molecule has 1 saturated heterocycles. The number of rotatable bonds is 7. The van der Waals surface area contributed by atoms with Crippen LogP contribution < -0.4 is 5.32 Å². The van der Waals surface area contributed by atoms with Crippen molar-refractivity contribution in [3.63, 3.8) is 0 Å². The minimum atomic E-state index is -0.855. The number of hydrogen-bond acceptors (Lipinski definition) is 6. The molecule has 2 N–H and O–H groups in total. The van der Waals surface area contributed by atoms with Gasteiger partial charge in [-0.05, 0) is 32.8 Å². The van der Waals surface area contributed by atoms with E-state index in [4.69, 9.17) is 4.52 Å². The van der Waals surface area contributed by atoms with Gasteiger partial charge in [-0.25, -0.2) is 0 Å². The van der Waals surface area contributed by atoms with Crippen LogP contribution in [0.2, 0.25) is 0 Å². The van der Waals surface area contributed by atoms with Gasteiger partial charge in [-0.3, -0.25) is 14.4 Å². The zero-order chi connectivity index (χ0) is 22.7. The van der Waals surface area contributed by atoms with Crippen molar-refractivity contribution in [1.29, 1.82) is 0 Å². The van der Waals surface area contributed by atoms with Crippen LogP contribution in [0.4, 0.5) is 0 Å². The lowest BCUT2D eigenvalue weighted by atomic mass is 9.78. The Bertz CT molecular complexity index is 1060. The summed E-state index contributed by atoms with van der Waals surface area (Å²) in [6, 6.07) is 11.5. The Balaban J connectivity index is 1.52. The lowest BCUT2D eigenvalue weighted by Gasteiger charge is -2.46. The van der Waals surface area contributed by atoms with Gasteiger partial charge in [0.15, 0.2) is 0 Å². The highest BCUT2D eigenvalue weighted by molar-refractivity contribution is 5.79. The number of hydrogen-bond donors (Lipinski definition) is 2. The Morgan fingerprint density at radius 3 is 2.72 bits per heavy atom. The van der Waals surface area contributed by atoms with Gasteiger partial charge in [0.25, 0.3) is 0 Å². The number of nitrogens with zero attached hydrogens (tertiary/aromatic N) is 4. The lowest BCUT2D eigenvalue weighted by Crippen LogP contribution is -2.62. The fraction of sp³-hybridized carbons (Fsp3) is 0.458. The van der Waals surface area contributed by atoms with Gasteiger partial charge in [0, 0.05) is 43.5 Å². The first-order valence-electron chi connectivity index (χ1n) is 11.1. The largest absolute Gasteiger partial charge is 0.389 e. The minimum absolute atomic E-state index is 0.0846. The third-order valence-corrected chi connectivity index (χ3v) is 6.38. The zero-order valence-electron chi connectivity index (χ0n) is 18.9. The molecule has 4 rings (SSSR count). The maximum Gasteiger partial charge on any atom is 0.228 e. The van der Waals surface area contributed by atoms with Crippen molar-refractivity contribution < 1.29 is 14.4 Å². The molecule has 3 aromatic rings. The topological polar surface area (TPSA) is 96.4 Å². The highest BCUT2D eigenvalue weighted by Crippen LogP contribution is 2.34. The maximum absolute atomic E-state index is 12.9. The lowest BCUT2D eigenvalue weighted by molar-refractivity contribution is -0.126. The van der Waals surface area contributed by atoms with Crippen LogP contribution in [-0.2, 0) is 29.8 Å². The van der Waals surface area contributed by atoms with Gasteiger partial charge in [-0.15, -0.1) is 0 Å². The van der Waals surface area contributed by atoms with Gasteiger partial charge >= 0.3 is 0 Å². The van der Waals surface area contributed by atoms with Crippen LogP contribution in [0.5, 0.6) is 0 Å². The van der Waals surface area contributed by atoms with Crippen molar-refractivity contribution in [2.75, 3.05) is 13.1 Å². The van der Waals surface area contributed by atoms with Crippen LogP contribution in [0.3, 0.4) is 0 Å². The molecule has 1 aliphatic heterocycles. The van der Waals surface area contributed by atoms with Gasteiger partial charge in [0.1, 0.15) is 5.76 Å². The van der Waals surface area contributed by atoms with Crippen LogP contribution >= 0.6 is 0 Å². The summed E-state index contributed by atoms with van der Waals surface area (Å²) in [5.41, 5.74) is 3.10. The van der Waals surface area contributed by atoms with Gasteiger partial charge in [0.05, 0.1) is 30.0 Å². The molecular weight excluding hydrogens is 406 g/mol. The molecule has 170 valence electrons. The highest BCUT2D eigenvalue weighted by Gasteiger charge is 2.45. The molecule has 0 aliphatic carbocycles. The van der Waals surface area contributed by atoms with Crippen LogP contribution in [-0.4, -0.2) is 50.0 Å². The number of aliphatic hydroxyl groups excluding tert-OH is 1. The number of nitrogens with one attached hydrogen (secondary N) is 1. The van der Waals surface area contributed by atoms with E-state index in [0.717, 1.165) is 42.1 Å².